The van der Waals surface area contributed by atoms with E-state index in [-0.39, 0.29) is 23.5 Å². The number of carbonyl (C=O) groups excluding carboxylic acids is 1. The molecule has 1 aromatic heterocycles. The van der Waals surface area contributed by atoms with Crippen LogP contribution >= 0.6 is 0 Å². The van der Waals surface area contributed by atoms with E-state index >= 15 is 0 Å². The fourth-order valence-corrected chi connectivity index (χ4v) is 1.85. The zero-order chi connectivity index (χ0) is 15.3. The number of anilines is 1. The van der Waals surface area contributed by atoms with Crippen LogP contribution in [0.1, 0.15) is 10.4 Å². The Labute approximate surface area is 116 Å². The van der Waals surface area contributed by atoms with Crippen molar-refractivity contribution in [3.63, 3.8) is 0 Å². The minimum absolute atomic E-state index is 0.0384. The molecule has 0 atom stereocenters. The average molecular weight is 301 g/mol. The zero-order valence-electron chi connectivity index (χ0n) is 11.0. The number of carbonyl (C=O) groups is 2. The molecule has 0 fully saturated rings. The summed E-state index contributed by atoms with van der Waals surface area (Å²) >= 11 is 0. The Kier molecular flexibility index (Phi) is 5.03. The standard InChI is InChI=1S/C11H15N3O5S/c1-14(3-4-20(2,18)19)11(17)13-9-5-8(10(15)16)6-12-7-9/h5-7H,3-4H2,1-2H3,(H,13,17)(H,15,16). The summed E-state index contributed by atoms with van der Waals surface area (Å²) in [6.07, 6.45) is 3.54. The van der Waals surface area contributed by atoms with E-state index in [4.69, 9.17) is 5.11 Å². The molecule has 0 spiro atoms. The van der Waals surface area contributed by atoms with Crippen molar-refractivity contribution in [2.24, 2.45) is 0 Å². The molecule has 8 nitrogen and oxygen atoms in total. The quantitative estimate of drug-likeness (QED) is 0.807. The van der Waals surface area contributed by atoms with Crippen molar-refractivity contribution in [2.45, 2.75) is 0 Å². The monoisotopic (exact) mass is 301 g/mol. The third-order valence-corrected chi connectivity index (χ3v) is 3.30. The number of hydrogen-bond donors (Lipinski definition) is 2. The zero-order valence-corrected chi connectivity index (χ0v) is 11.8. The molecule has 1 heterocycles. The van der Waals surface area contributed by atoms with Gasteiger partial charge in [-0.1, -0.05) is 0 Å². The maximum absolute atomic E-state index is 11.8. The van der Waals surface area contributed by atoms with Gasteiger partial charge < -0.3 is 15.3 Å². The summed E-state index contributed by atoms with van der Waals surface area (Å²) in [6.45, 7) is 0.0384. The smallest absolute Gasteiger partial charge is 0.337 e. The molecule has 0 radical (unpaired) electrons. The van der Waals surface area contributed by atoms with Crippen LogP contribution in [0.25, 0.3) is 0 Å². The van der Waals surface area contributed by atoms with Crippen molar-refractivity contribution < 1.29 is 23.1 Å². The maximum atomic E-state index is 11.8. The third-order valence-electron chi connectivity index (χ3n) is 2.38. The van der Waals surface area contributed by atoms with Gasteiger partial charge in [-0.05, 0) is 6.07 Å². The molecule has 0 unspecified atom stereocenters. The number of aromatic nitrogens is 1. The molecular formula is C11H15N3O5S. The topological polar surface area (TPSA) is 117 Å². The number of carboxylic acids is 1. The van der Waals surface area contributed by atoms with Gasteiger partial charge in [0.1, 0.15) is 9.84 Å². The van der Waals surface area contributed by atoms with Crippen LogP contribution in [0.15, 0.2) is 18.5 Å². The highest BCUT2D eigenvalue weighted by Gasteiger charge is 2.12. The van der Waals surface area contributed by atoms with Crippen LogP contribution in [-0.2, 0) is 9.84 Å². The van der Waals surface area contributed by atoms with Gasteiger partial charge in [-0.25, -0.2) is 18.0 Å². The predicted octanol–water partition coefficient (Wildman–Crippen LogP) is 0.288. The first-order valence-electron chi connectivity index (χ1n) is 5.57. The summed E-state index contributed by atoms with van der Waals surface area (Å²) < 4.78 is 22.0. The molecule has 0 saturated heterocycles. The van der Waals surface area contributed by atoms with Gasteiger partial charge in [-0.15, -0.1) is 0 Å². The molecule has 0 aliphatic heterocycles. The predicted molar refractivity (Wildman–Crippen MR) is 72.6 cm³/mol. The van der Waals surface area contributed by atoms with Gasteiger partial charge in [0, 0.05) is 26.0 Å². The summed E-state index contributed by atoms with van der Waals surface area (Å²) in [5.41, 5.74) is 0.169. The van der Waals surface area contributed by atoms with Gasteiger partial charge in [-0.2, -0.15) is 0 Å². The fraction of sp³-hybridized carbons (Fsp3) is 0.364. The second-order valence-corrected chi connectivity index (χ2v) is 6.51. The van der Waals surface area contributed by atoms with Crippen LogP contribution in [0.2, 0.25) is 0 Å². The molecule has 110 valence electrons. The molecular weight excluding hydrogens is 286 g/mol. The molecule has 9 heteroatoms. The van der Waals surface area contributed by atoms with Gasteiger partial charge in [-0.3, -0.25) is 4.98 Å². The number of pyridine rings is 1. The van der Waals surface area contributed by atoms with Crippen molar-refractivity contribution in [1.82, 2.24) is 9.88 Å². The number of hydrogen-bond acceptors (Lipinski definition) is 5. The lowest BCUT2D eigenvalue weighted by molar-refractivity contribution is 0.0696. The number of nitrogens with zero attached hydrogens (tertiary/aromatic N) is 2. The summed E-state index contributed by atoms with van der Waals surface area (Å²) in [4.78, 5) is 27.4. The van der Waals surface area contributed by atoms with Crippen LogP contribution in [0.5, 0.6) is 0 Å². The molecule has 1 rings (SSSR count). The SMILES string of the molecule is CN(CCS(C)(=O)=O)C(=O)Nc1cncc(C(=O)O)c1. The van der Waals surface area contributed by atoms with Crippen molar-refractivity contribution in [3.05, 3.63) is 24.0 Å². The highest BCUT2D eigenvalue weighted by molar-refractivity contribution is 7.90. The van der Waals surface area contributed by atoms with Crippen molar-refractivity contribution >= 4 is 27.5 Å². The molecule has 0 aliphatic carbocycles. The Bertz CT molecular complexity index is 614. The largest absolute Gasteiger partial charge is 0.478 e. The Morgan fingerprint density at radius 3 is 2.60 bits per heavy atom. The second-order valence-electron chi connectivity index (χ2n) is 4.25. The minimum atomic E-state index is -3.16. The number of aromatic carboxylic acids is 1. The Morgan fingerprint density at radius 2 is 2.05 bits per heavy atom. The molecule has 2 amide bonds. The second kappa shape index (κ2) is 6.33. The van der Waals surface area contributed by atoms with E-state index in [1.54, 1.807) is 0 Å². The van der Waals surface area contributed by atoms with E-state index in [0.29, 0.717) is 0 Å². The average Bonchev–Trinajstić information content (AvgIpc) is 2.35. The first-order valence-corrected chi connectivity index (χ1v) is 7.63. The normalized spacial score (nSPS) is 10.9. The molecule has 0 bridgehead atoms. The maximum Gasteiger partial charge on any atom is 0.337 e. The van der Waals surface area contributed by atoms with E-state index in [1.165, 1.54) is 24.2 Å². The molecule has 1 aromatic rings. The Balaban J connectivity index is 2.66. The van der Waals surface area contributed by atoms with E-state index in [9.17, 15) is 18.0 Å². The minimum Gasteiger partial charge on any atom is -0.478 e. The Morgan fingerprint density at radius 1 is 1.40 bits per heavy atom. The van der Waals surface area contributed by atoms with E-state index in [0.717, 1.165) is 12.5 Å². The van der Waals surface area contributed by atoms with Crippen LogP contribution in [-0.4, -0.2) is 61.0 Å². The van der Waals surface area contributed by atoms with Gasteiger partial charge in [0.2, 0.25) is 0 Å². The number of carboxylic acid groups (broad SMARTS) is 1. The first kappa shape index (κ1) is 15.9. The highest BCUT2D eigenvalue weighted by atomic mass is 32.2. The Hall–Kier alpha value is -2.16. The van der Waals surface area contributed by atoms with Crippen LogP contribution in [0.3, 0.4) is 0 Å². The molecule has 2 N–H and O–H groups in total. The highest BCUT2D eigenvalue weighted by Crippen LogP contribution is 2.09. The van der Waals surface area contributed by atoms with E-state index in [1.807, 2.05) is 0 Å². The number of rotatable bonds is 5. The van der Waals surface area contributed by atoms with Gasteiger partial charge in [0.25, 0.3) is 0 Å². The number of amides is 2. The number of nitrogens with one attached hydrogen (secondary N) is 1. The first-order chi connectivity index (χ1) is 9.19. The lowest BCUT2D eigenvalue weighted by Gasteiger charge is -2.17. The van der Waals surface area contributed by atoms with Crippen LogP contribution in [0, 0.1) is 0 Å². The molecule has 20 heavy (non-hydrogen) atoms. The summed E-state index contributed by atoms with van der Waals surface area (Å²) in [7, 11) is -1.72. The summed E-state index contributed by atoms with van der Waals surface area (Å²) in [5, 5.41) is 11.2. The summed E-state index contributed by atoms with van der Waals surface area (Å²) in [5.74, 6) is -1.30. The van der Waals surface area contributed by atoms with Crippen LogP contribution in [0.4, 0.5) is 10.5 Å². The lowest BCUT2D eigenvalue weighted by atomic mass is 10.2. The summed E-state index contributed by atoms with van der Waals surface area (Å²) in [6, 6.07) is 0.718. The van der Waals surface area contributed by atoms with Crippen molar-refractivity contribution in [2.75, 3.05) is 30.9 Å². The van der Waals surface area contributed by atoms with Gasteiger partial charge in [0.05, 0.1) is 23.2 Å². The molecule has 0 aromatic carbocycles. The number of urea groups is 1. The van der Waals surface area contributed by atoms with Crippen LogP contribution < -0.4 is 5.32 Å². The lowest BCUT2D eigenvalue weighted by Crippen LogP contribution is -2.34. The van der Waals surface area contributed by atoms with Gasteiger partial charge in [0.15, 0.2) is 0 Å². The third kappa shape index (κ3) is 5.22. The van der Waals surface area contributed by atoms with Crippen molar-refractivity contribution in [1.29, 1.82) is 0 Å². The van der Waals surface area contributed by atoms with Gasteiger partial charge >= 0.3 is 12.0 Å². The number of sulfone groups is 1. The van der Waals surface area contributed by atoms with E-state index in [2.05, 4.69) is 10.3 Å². The van der Waals surface area contributed by atoms with Crippen molar-refractivity contribution in [3.8, 4) is 0 Å². The fourth-order valence-electron chi connectivity index (χ4n) is 1.25. The molecule has 0 aliphatic rings. The molecule has 0 saturated carbocycles. The van der Waals surface area contributed by atoms with E-state index < -0.39 is 21.8 Å².